The highest BCUT2D eigenvalue weighted by Gasteiger charge is 2.26. The summed E-state index contributed by atoms with van der Waals surface area (Å²) in [6, 6.07) is 14.8. The summed E-state index contributed by atoms with van der Waals surface area (Å²) in [5, 5.41) is 5.03. The van der Waals surface area contributed by atoms with E-state index in [1.807, 2.05) is 42.6 Å². The Morgan fingerprint density at radius 2 is 1.84 bits per heavy atom. The molecule has 1 fully saturated rings. The number of pyridine rings is 1. The van der Waals surface area contributed by atoms with E-state index >= 15 is 0 Å². The van der Waals surface area contributed by atoms with Gasteiger partial charge in [0.05, 0.1) is 27.9 Å². The fraction of sp³-hybridized carbons (Fsp3) is 0.320. The lowest BCUT2D eigenvalue weighted by Gasteiger charge is -2.30. The summed E-state index contributed by atoms with van der Waals surface area (Å²) in [6.45, 7) is 1.94. The van der Waals surface area contributed by atoms with Crippen LogP contribution >= 0.6 is 11.3 Å². The molecule has 1 aliphatic rings. The van der Waals surface area contributed by atoms with Crippen LogP contribution in [0.15, 0.2) is 60.1 Å². The minimum atomic E-state index is -0.154. The number of carbonyl (C=O) groups is 2. The molecule has 0 unspecified atom stereocenters. The molecule has 0 saturated heterocycles. The van der Waals surface area contributed by atoms with Crippen LogP contribution in [-0.2, 0) is 0 Å². The summed E-state index contributed by atoms with van der Waals surface area (Å²) in [4.78, 5) is 32.3. The van der Waals surface area contributed by atoms with Crippen molar-refractivity contribution in [3.63, 3.8) is 0 Å². The average molecular weight is 450 g/mol. The zero-order chi connectivity index (χ0) is 22.5. The molecule has 2 amide bonds. The number of thiophene rings is 1. The highest BCUT2D eigenvalue weighted by atomic mass is 32.1. The number of anilines is 1. The predicted octanol–water partition coefficient (Wildman–Crippen LogP) is 4.85. The third-order valence-corrected chi connectivity index (χ3v) is 6.67. The number of amides is 2. The molecule has 32 heavy (non-hydrogen) atoms. The number of hydrogen-bond acceptors (Lipinski definition) is 5. The normalized spacial score (nSPS) is 18.1. The number of nitrogens with zero attached hydrogens (tertiary/aromatic N) is 2. The van der Waals surface area contributed by atoms with Gasteiger partial charge in [-0.25, -0.2) is 0 Å². The number of hydrogen-bond donors (Lipinski definition) is 1. The van der Waals surface area contributed by atoms with Crippen molar-refractivity contribution in [3.8, 4) is 5.75 Å². The monoisotopic (exact) mass is 449 g/mol. The topological polar surface area (TPSA) is 71.5 Å². The SMILES string of the molecule is Cc1ncccc1OC1CCC(NC(=O)c2ccccc2N(C)C(=O)c2cccs2)CC1. The van der Waals surface area contributed by atoms with Crippen LogP contribution in [0.2, 0.25) is 0 Å². The lowest BCUT2D eigenvalue weighted by Crippen LogP contribution is -2.40. The van der Waals surface area contributed by atoms with E-state index in [2.05, 4.69) is 10.3 Å². The molecule has 0 radical (unpaired) electrons. The quantitative estimate of drug-likeness (QED) is 0.584. The van der Waals surface area contributed by atoms with Gasteiger partial charge in [0.15, 0.2) is 0 Å². The molecule has 1 aliphatic carbocycles. The van der Waals surface area contributed by atoms with Crippen molar-refractivity contribution in [1.82, 2.24) is 10.3 Å². The van der Waals surface area contributed by atoms with Crippen LogP contribution in [0.4, 0.5) is 5.69 Å². The van der Waals surface area contributed by atoms with Crippen molar-refractivity contribution >= 4 is 28.8 Å². The zero-order valence-corrected chi connectivity index (χ0v) is 19.1. The van der Waals surface area contributed by atoms with E-state index in [1.54, 1.807) is 36.3 Å². The maximum atomic E-state index is 13.1. The van der Waals surface area contributed by atoms with E-state index < -0.39 is 0 Å². The third-order valence-electron chi connectivity index (χ3n) is 5.81. The van der Waals surface area contributed by atoms with Crippen LogP contribution in [0.5, 0.6) is 5.75 Å². The highest BCUT2D eigenvalue weighted by Crippen LogP contribution is 2.27. The third kappa shape index (κ3) is 4.99. The molecular formula is C25H27N3O3S. The molecule has 3 aromatic rings. The van der Waals surface area contributed by atoms with Crippen LogP contribution in [0.25, 0.3) is 0 Å². The molecule has 6 nitrogen and oxygen atoms in total. The molecule has 1 N–H and O–H groups in total. The Morgan fingerprint density at radius 1 is 1.06 bits per heavy atom. The van der Waals surface area contributed by atoms with Crippen molar-refractivity contribution < 1.29 is 14.3 Å². The van der Waals surface area contributed by atoms with Gasteiger partial charge in [0.1, 0.15) is 5.75 Å². The van der Waals surface area contributed by atoms with Crippen LogP contribution < -0.4 is 15.0 Å². The van der Waals surface area contributed by atoms with E-state index in [9.17, 15) is 9.59 Å². The van der Waals surface area contributed by atoms with E-state index in [0.717, 1.165) is 37.1 Å². The lowest BCUT2D eigenvalue weighted by molar-refractivity contribution is 0.0893. The second-order valence-electron chi connectivity index (χ2n) is 8.01. The molecule has 2 aromatic heterocycles. The van der Waals surface area contributed by atoms with Gasteiger partial charge in [-0.2, -0.15) is 0 Å². The van der Waals surface area contributed by atoms with Gasteiger partial charge in [-0.05, 0) is 68.3 Å². The summed E-state index contributed by atoms with van der Waals surface area (Å²) in [5.41, 5.74) is 2.00. The molecule has 0 bridgehead atoms. The maximum absolute atomic E-state index is 13.1. The van der Waals surface area contributed by atoms with Crippen LogP contribution in [-0.4, -0.2) is 36.0 Å². The number of carbonyl (C=O) groups excluding carboxylic acids is 2. The van der Waals surface area contributed by atoms with Crippen molar-refractivity contribution in [2.45, 2.75) is 44.8 Å². The Morgan fingerprint density at radius 3 is 2.56 bits per heavy atom. The fourth-order valence-corrected chi connectivity index (χ4v) is 4.69. The Bertz CT molecular complexity index is 1080. The number of benzene rings is 1. The van der Waals surface area contributed by atoms with Gasteiger partial charge in [-0.1, -0.05) is 18.2 Å². The molecule has 0 spiro atoms. The summed E-state index contributed by atoms with van der Waals surface area (Å²) in [6.07, 6.45) is 5.34. The fourth-order valence-electron chi connectivity index (χ4n) is 3.99. The van der Waals surface area contributed by atoms with E-state index in [-0.39, 0.29) is 24.0 Å². The smallest absolute Gasteiger partial charge is 0.268 e. The lowest BCUT2D eigenvalue weighted by atomic mass is 9.92. The molecule has 1 aromatic carbocycles. The summed E-state index contributed by atoms with van der Waals surface area (Å²) in [5.74, 6) is 0.551. The summed E-state index contributed by atoms with van der Waals surface area (Å²) in [7, 11) is 1.71. The second kappa shape index (κ2) is 9.96. The predicted molar refractivity (Wildman–Crippen MR) is 127 cm³/mol. The standard InChI is InChI=1S/C25H27N3O3S/c1-17-22(9-5-15-26-17)31-19-13-11-18(12-14-19)27-24(29)20-7-3-4-8-21(20)28(2)25(30)23-10-6-16-32-23/h3-10,15-16,18-19H,11-14H2,1-2H3,(H,27,29). The van der Waals surface area contributed by atoms with Crippen molar-refractivity contribution in [3.05, 3.63) is 76.2 Å². The summed E-state index contributed by atoms with van der Waals surface area (Å²) < 4.78 is 6.12. The Balaban J connectivity index is 1.37. The Kier molecular flexibility index (Phi) is 6.85. The van der Waals surface area contributed by atoms with Crippen molar-refractivity contribution in [2.24, 2.45) is 0 Å². The second-order valence-corrected chi connectivity index (χ2v) is 8.96. The van der Waals surface area contributed by atoms with Gasteiger partial charge >= 0.3 is 0 Å². The van der Waals surface area contributed by atoms with Crippen molar-refractivity contribution in [1.29, 1.82) is 0 Å². The highest BCUT2D eigenvalue weighted by molar-refractivity contribution is 7.12. The number of aryl methyl sites for hydroxylation is 1. The van der Waals surface area contributed by atoms with Gasteiger partial charge in [0.2, 0.25) is 0 Å². The first-order valence-electron chi connectivity index (χ1n) is 10.8. The summed E-state index contributed by atoms with van der Waals surface area (Å²) >= 11 is 1.39. The molecule has 7 heteroatoms. The minimum Gasteiger partial charge on any atom is -0.489 e. The molecule has 1 saturated carbocycles. The van der Waals surface area contributed by atoms with E-state index in [1.165, 1.54) is 11.3 Å². The van der Waals surface area contributed by atoms with Crippen LogP contribution in [0.1, 0.15) is 51.4 Å². The molecule has 0 atom stereocenters. The first-order chi connectivity index (χ1) is 15.5. The number of para-hydroxylation sites is 1. The van der Waals surface area contributed by atoms with E-state index in [4.69, 9.17) is 4.74 Å². The van der Waals surface area contributed by atoms with Crippen LogP contribution in [0, 0.1) is 6.92 Å². The van der Waals surface area contributed by atoms with Gasteiger partial charge in [-0.3, -0.25) is 14.6 Å². The molecule has 0 aliphatic heterocycles. The van der Waals surface area contributed by atoms with E-state index in [0.29, 0.717) is 16.1 Å². The van der Waals surface area contributed by atoms with Gasteiger partial charge in [0.25, 0.3) is 11.8 Å². The first kappa shape index (κ1) is 22.0. The Labute approximate surface area is 192 Å². The number of nitrogens with one attached hydrogen (secondary N) is 1. The maximum Gasteiger partial charge on any atom is 0.268 e. The van der Waals surface area contributed by atoms with Gasteiger partial charge in [0, 0.05) is 19.3 Å². The van der Waals surface area contributed by atoms with Gasteiger partial charge < -0.3 is 15.0 Å². The average Bonchev–Trinajstić information content (AvgIpc) is 3.36. The molecule has 166 valence electrons. The molecular weight excluding hydrogens is 422 g/mol. The number of aromatic nitrogens is 1. The molecule has 4 rings (SSSR count). The Hall–Kier alpha value is -3.19. The first-order valence-corrected chi connectivity index (χ1v) is 11.7. The number of ether oxygens (including phenoxy) is 1. The number of rotatable bonds is 6. The molecule has 2 heterocycles. The van der Waals surface area contributed by atoms with Gasteiger partial charge in [-0.15, -0.1) is 11.3 Å². The largest absolute Gasteiger partial charge is 0.489 e. The zero-order valence-electron chi connectivity index (χ0n) is 18.3. The van der Waals surface area contributed by atoms with Crippen LogP contribution in [0.3, 0.4) is 0 Å². The minimum absolute atomic E-state index is 0.0868. The van der Waals surface area contributed by atoms with Crippen molar-refractivity contribution in [2.75, 3.05) is 11.9 Å².